The minimum Gasteiger partial charge on any atom is -0.469 e. The fourth-order valence-electron chi connectivity index (χ4n) is 2.99. The molecule has 5 nitrogen and oxygen atoms in total. The molecule has 2 heterocycles. The zero-order valence-electron chi connectivity index (χ0n) is 11.8. The Morgan fingerprint density at radius 1 is 1.40 bits per heavy atom. The normalized spacial score (nSPS) is 24.9. The van der Waals surface area contributed by atoms with Crippen LogP contribution in [0.25, 0.3) is 0 Å². The van der Waals surface area contributed by atoms with Crippen molar-refractivity contribution in [2.24, 2.45) is 0 Å². The summed E-state index contributed by atoms with van der Waals surface area (Å²) in [6.45, 7) is 2.82. The van der Waals surface area contributed by atoms with Crippen molar-refractivity contribution in [3.05, 3.63) is 23.7 Å². The van der Waals surface area contributed by atoms with Gasteiger partial charge < -0.3 is 19.2 Å². The van der Waals surface area contributed by atoms with Gasteiger partial charge in [-0.05, 0) is 25.8 Å². The number of carbonyl (C=O) groups is 1. The van der Waals surface area contributed by atoms with Crippen molar-refractivity contribution in [2.75, 3.05) is 13.2 Å². The van der Waals surface area contributed by atoms with Gasteiger partial charge in [0.25, 0.3) is 5.91 Å². The van der Waals surface area contributed by atoms with E-state index in [0.29, 0.717) is 24.5 Å². The molecule has 1 aliphatic carbocycles. The second-order valence-electron chi connectivity index (χ2n) is 5.62. The number of ether oxygens (including phenoxy) is 2. The van der Waals surface area contributed by atoms with E-state index in [4.69, 9.17) is 13.9 Å². The molecule has 0 radical (unpaired) electrons. The Balaban J connectivity index is 1.50. The predicted molar refractivity (Wildman–Crippen MR) is 72.4 cm³/mol. The second kappa shape index (κ2) is 5.58. The summed E-state index contributed by atoms with van der Waals surface area (Å²) >= 11 is 0. The summed E-state index contributed by atoms with van der Waals surface area (Å²) in [6.07, 6.45) is 6.99. The molecule has 1 saturated heterocycles. The van der Waals surface area contributed by atoms with E-state index in [1.54, 1.807) is 13.0 Å². The Hall–Kier alpha value is -1.33. The van der Waals surface area contributed by atoms with Crippen LogP contribution >= 0.6 is 0 Å². The molecular weight excluding hydrogens is 258 g/mol. The van der Waals surface area contributed by atoms with Crippen LogP contribution in [0.2, 0.25) is 0 Å². The maximum absolute atomic E-state index is 12.0. The zero-order valence-corrected chi connectivity index (χ0v) is 11.8. The number of nitrogens with one attached hydrogen (secondary N) is 1. The molecule has 1 aromatic heterocycles. The third kappa shape index (κ3) is 2.74. The summed E-state index contributed by atoms with van der Waals surface area (Å²) in [7, 11) is 0. The minimum atomic E-state index is -0.376. The molecule has 1 unspecified atom stereocenters. The molecule has 0 aromatic carbocycles. The van der Waals surface area contributed by atoms with Crippen LogP contribution in [0.15, 0.2) is 16.7 Å². The molecule has 1 aliphatic heterocycles. The van der Waals surface area contributed by atoms with Crippen LogP contribution < -0.4 is 5.32 Å². The largest absolute Gasteiger partial charge is 0.469 e. The average Bonchev–Trinajstić information content (AvgIpc) is 3.04. The fraction of sp³-hybridized carbons (Fsp3) is 0.667. The topological polar surface area (TPSA) is 60.7 Å². The monoisotopic (exact) mass is 279 g/mol. The number of rotatable bonds is 3. The molecule has 5 heteroatoms. The molecule has 0 bridgehead atoms. The lowest BCUT2D eigenvalue weighted by atomic mass is 9.94. The molecular formula is C15H21NO4. The molecule has 1 atom stereocenters. The Morgan fingerprint density at radius 3 is 2.90 bits per heavy atom. The van der Waals surface area contributed by atoms with Crippen LogP contribution in [-0.4, -0.2) is 30.9 Å². The van der Waals surface area contributed by atoms with Crippen molar-refractivity contribution in [3.8, 4) is 0 Å². The number of carbonyl (C=O) groups excluding carboxylic acids is 1. The zero-order chi connectivity index (χ0) is 14.0. The summed E-state index contributed by atoms with van der Waals surface area (Å²) in [5.41, 5.74) is 0.580. The lowest BCUT2D eigenvalue weighted by Crippen LogP contribution is -2.37. The summed E-state index contributed by atoms with van der Waals surface area (Å²) in [5.74, 6) is 0.137. The van der Waals surface area contributed by atoms with Crippen molar-refractivity contribution in [1.82, 2.24) is 5.32 Å². The highest BCUT2D eigenvalue weighted by molar-refractivity contribution is 5.95. The number of hydrogen-bond donors (Lipinski definition) is 1. The van der Waals surface area contributed by atoms with E-state index in [1.165, 1.54) is 12.7 Å². The maximum atomic E-state index is 12.0. The predicted octanol–water partition coefficient (Wildman–Crippen LogP) is 2.39. The van der Waals surface area contributed by atoms with Crippen molar-refractivity contribution >= 4 is 5.91 Å². The van der Waals surface area contributed by atoms with Crippen molar-refractivity contribution in [1.29, 1.82) is 0 Å². The quantitative estimate of drug-likeness (QED) is 0.923. The molecule has 1 aromatic rings. The van der Waals surface area contributed by atoms with Crippen molar-refractivity contribution in [3.63, 3.8) is 0 Å². The van der Waals surface area contributed by atoms with E-state index < -0.39 is 0 Å². The number of hydrogen-bond acceptors (Lipinski definition) is 4. The highest BCUT2D eigenvalue weighted by Gasteiger charge is 2.42. The maximum Gasteiger partial charge on any atom is 0.254 e. The third-order valence-corrected chi connectivity index (χ3v) is 4.12. The Morgan fingerprint density at radius 2 is 2.20 bits per heavy atom. The molecule has 2 fully saturated rings. The van der Waals surface area contributed by atoms with Gasteiger partial charge in [0.05, 0.1) is 18.4 Å². The van der Waals surface area contributed by atoms with Gasteiger partial charge in [0.15, 0.2) is 5.79 Å². The number of furan rings is 1. The van der Waals surface area contributed by atoms with Crippen LogP contribution in [0.1, 0.15) is 48.2 Å². The average molecular weight is 279 g/mol. The van der Waals surface area contributed by atoms with E-state index >= 15 is 0 Å². The number of amides is 1. The molecule has 3 rings (SSSR count). The standard InChI is InChI=1S/C15H21NO4/c1-11-13(5-8-18-11)14(17)16-9-12-10-19-15(20-12)6-3-2-4-7-15/h5,8,12H,2-4,6-7,9-10H2,1H3,(H,16,17). The van der Waals surface area contributed by atoms with Gasteiger partial charge >= 0.3 is 0 Å². The van der Waals surface area contributed by atoms with Crippen LogP contribution in [0.4, 0.5) is 0 Å². The van der Waals surface area contributed by atoms with Gasteiger partial charge in [0.2, 0.25) is 0 Å². The van der Waals surface area contributed by atoms with Gasteiger partial charge in [0.1, 0.15) is 11.9 Å². The van der Waals surface area contributed by atoms with Gasteiger partial charge in [-0.15, -0.1) is 0 Å². The third-order valence-electron chi connectivity index (χ3n) is 4.12. The first kappa shape index (κ1) is 13.6. The Labute approximate surface area is 118 Å². The van der Waals surface area contributed by atoms with Gasteiger partial charge in [0, 0.05) is 19.4 Å². The van der Waals surface area contributed by atoms with E-state index in [-0.39, 0.29) is 17.8 Å². The molecule has 1 saturated carbocycles. The summed E-state index contributed by atoms with van der Waals surface area (Å²) in [6, 6.07) is 1.68. The van der Waals surface area contributed by atoms with Crippen molar-refractivity contribution in [2.45, 2.75) is 50.9 Å². The first-order valence-corrected chi connectivity index (χ1v) is 7.33. The van der Waals surface area contributed by atoms with Crippen LogP contribution in [0.3, 0.4) is 0 Å². The SMILES string of the molecule is Cc1occc1C(=O)NCC1COC2(CCCCC2)O1. The van der Waals surface area contributed by atoms with Gasteiger partial charge in [-0.1, -0.05) is 6.42 Å². The van der Waals surface area contributed by atoms with Crippen LogP contribution in [0, 0.1) is 6.92 Å². The van der Waals surface area contributed by atoms with E-state index in [0.717, 1.165) is 25.7 Å². The summed E-state index contributed by atoms with van der Waals surface area (Å²) in [4.78, 5) is 12.0. The first-order valence-electron chi connectivity index (χ1n) is 7.33. The molecule has 20 heavy (non-hydrogen) atoms. The van der Waals surface area contributed by atoms with E-state index in [1.807, 2.05) is 0 Å². The number of aryl methyl sites for hydroxylation is 1. The molecule has 2 aliphatic rings. The van der Waals surface area contributed by atoms with E-state index in [2.05, 4.69) is 5.32 Å². The highest BCUT2D eigenvalue weighted by atomic mass is 16.7. The lowest BCUT2D eigenvalue weighted by Gasteiger charge is -2.31. The van der Waals surface area contributed by atoms with Crippen LogP contribution in [0.5, 0.6) is 0 Å². The molecule has 1 amide bonds. The van der Waals surface area contributed by atoms with E-state index in [9.17, 15) is 4.79 Å². The summed E-state index contributed by atoms with van der Waals surface area (Å²) < 4.78 is 17.0. The molecule has 1 spiro atoms. The highest BCUT2D eigenvalue weighted by Crippen LogP contribution is 2.37. The first-order chi connectivity index (χ1) is 9.69. The smallest absolute Gasteiger partial charge is 0.254 e. The fourth-order valence-corrected chi connectivity index (χ4v) is 2.99. The molecule has 110 valence electrons. The van der Waals surface area contributed by atoms with Gasteiger partial charge in [-0.25, -0.2) is 0 Å². The molecule has 1 N–H and O–H groups in total. The Kier molecular flexibility index (Phi) is 3.81. The van der Waals surface area contributed by atoms with Crippen molar-refractivity contribution < 1.29 is 18.7 Å². The van der Waals surface area contributed by atoms with Gasteiger partial charge in [-0.3, -0.25) is 4.79 Å². The van der Waals surface area contributed by atoms with Crippen LogP contribution in [-0.2, 0) is 9.47 Å². The van der Waals surface area contributed by atoms with Gasteiger partial charge in [-0.2, -0.15) is 0 Å². The minimum absolute atomic E-state index is 0.0516. The lowest BCUT2D eigenvalue weighted by molar-refractivity contribution is -0.186. The second-order valence-corrected chi connectivity index (χ2v) is 5.62. The Bertz CT molecular complexity index is 476. The summed E-state index contributed by atoms with van der Waals surface area (Å²) in [5, 5.41) is 2.89.